The molecule has 1 saturated carbocycles. The first-order chi connectivity index (χ1) is 8.63. The average molecular weight is 388 g/mol. The molecule has 3 rings (SSSR count). The fourth-order valence-electron chi connectivity index (χ4n) is 2.40. The van der Waals surface area contributed by atoms with Crippen molar-refractivity contribution < 1.29 is 5.11 Å². The Bertz CT molecular complexity index is 541. The molecule has 0 saturated heterocycles. The second-order valence-electron chi connectivity index (χ2n) is 4.70. The van der Waals surface area contributed by atoms with Gasteiger partial charge >= 0.3 is 0 Å². The van der Waals surface area contributed by atoms with E-state index in [0.717, 1.165) is 26.0 Å². The molecule has 1 fully saturated rings. The van der Waals surface area contributed by atoms with Crippen LogP contribution in [0.4, 0.5) is 0 Å². The first-order valence-electron chi connectivity index (χ1n) is 5.82. The number of aliphatic hydroxyl groups excluding tert-OH is 1. The largest absolute Gasteiger partial charge is 0.387 e. The van der Waals surface area contributed by atoms with E-state index in [2.05, 4.69) is 44.0 Å². The van der Waals surface area contributed by atoms with Crippen molar-refractivity contribution in [3.8, 4) is 0 Å². The Morgan fingerprint density at radius 2 is 1.83 bits per heavy atom. The number of hydrogen-bond donors (Lipinski definition) is 1. The van der Waals surface area contributed by atoms with Crippen LogP contribution in [0.15, 0.2) is 44.7 Å². The van der Waals surface area contributed by atoms with Crippen molar-refractivity contribution in [1.29, 1.82) is 0 Å². The van der Waals surface area contributed by atoms with Crippen LogP contribution in [-0.2, 0) is 5.41 Å². The number of aliphatic hydroxyl groups is 1. The van der Waals surface area contributed by atoms with Gasteiger partial charge in [0.1, 0.15) is 0 Å². The number of thiophene rings is 1. The first-order valence-corrected chi connectivity index (χ1v) is 8.22. The maximum atomic E-state index is 10.7. The lowest BCUT2D eigenvalue weighted by Crippen LogP contribution is -2.17. The molecule has 0 spiro atoms. The van der Waals surface area contributed by atoms with Crippen LogP contribution in [0.2, 0.25) is 0 Å². The molecule has 1 aromatic heterocycles. The van der Waals surface area contributed by atoms with Crippen molar-refractivity contribution >= 4 is 43.2 Å². The average Bonchev–Trinajstić information content (AvgIpc) is 3.13. The quantitative estimate of drug-likeness (QED) is 0.782. The Kier molecular flexibility index (Phi) is 3.39. The molecule has 1 aliphatic carbocycles. The molecular weight excluding hydrogens is 376 g/mol. The van der Waals surface area contributed by atoms with E-state index in [4.69, 9.17) is 0 Å². The van der Waals surface area contributed by atoms with Crippen LogP contribution in [0.25, 0.3) is 0 Å². The van der Waals surface area contributed by atoms with E-state index in [-0.39, 0.29) is 5.41 Å². The highest BCUT2D eigenvalue weighted by molar-refractivity contribution is 9.13. The van der Waals surface area contributed by atoms with Gasteiger partial charge in [0.05, 0.1) is 9.89 Å². The third-order valence-electron chi connectivity index (χ3n) is 3.59. The van der Waals surface area contributed by atoms with E-state index in [0.29, 0.717) is 0 Å². The van der Waals surface area contributed by atoms with Gasteiger partial charge in [0, 0.05) is 14.8 Å². The summed E-state index contributed by atoms with van der Waals surface area (Å²) in [5.74, 6) is 0. The number of rotatable bonds is 3. The monoisotopic (exact) mass is 386 g/mol. The standard InChI is InChI=1S/C14H12Br2OS/c15-10-8-11(18-13(10)16)12(17)14(6-7-14)9-4-2-1-3-5-9/h1-5,8,12,17H,6-7H2. The second-order valence-corrected chi connectivity index (χ2v) is 7.95. The fraction of sp³-hybridized carbons (Fsp3) is 0.286. The van der Waals surface area contributed by atoms with E-state index in [1.807, 2.05) is 24.3 Å². The summed E-state index contributed by atoms with van der Waals surface area (Å²) in [5.41, 5.74) is 1.18. The van der Waals surface area contributed by atoms with Gasteiger partial charge in [-0.3, -0.25) is 0 Å². The van der Waals surface area contributed by atoms with Crippen LogP contribution in [-0.4, -0.2) is 5.11 Å². The smallest absolute Gasteiger partial charge is 0.0978 e. The summed E-state index contributed by atoms with van der Waals surface area (Å²) < 4.78 is 2.06. The van der Waals surface area contributed by atoms with Crippen molar-refractivity contribution in [2.24, 2.45) is 0 Å². The van der Waals surface area contributed by atoms with Gasteiger partial charge < -0.3 is 5.11 Å². The van der Waals surface area contributed by atoms with Crippen LogP contribution in [0.3, 0.4) is 0 Å². The molecule has 2 aromatic rings. The molecule has 4 heteroatoms. The molecule has 1 N–H and O–H groups in total. The molecule has 1 heterocycles. The molecule has 1 aromatic carbocycles. The zero-order chi connectivity index (χ0) is 12.8. The minimum Gasteiger partial charge on any atom is -0.387 e. The van der Waals surface area contributed by atoms with Gasteiger partial charge in [-0.2, -0.15) is 0 Å². The maximum absolute atomic E-state index is 10.7. The van der Waals surface area contributed by atoms with Gasteiger partial charge in [0.15, 0.2) is 0 Å². The normalized spacial score (nSPS) is 18.6. The molecule has 0 radical (unpaired) electrons. The Labute approximate surface area is 127 Å². The third-order valence-corrected chi connectivity index (χ3v) is 6.90. The lowest BCUT2D eigenvalue weighted by molar-refractivity contribution is 0.136. The van der Waals surface area contributed by atoms with Crippen molar-refractivity contribution in [2.75, 3.05) is 0 Å². The van der Waals surface area contributed by atoms with E-state index >= 15 is 0 Å². The van der Waals surface area contributed by atoms with Gasteiger partial charge in [0.25, 0.3) is 0 Å². The summed E-state index contributed by atoms with van der Waals surface area (Å²) in [7, 11) is 0. The molecule has 1 aliphatic rings. The SMILES string of the molecule is OC(c1cc(Br)c(Br)s1)C1(c2ccccc2)CC1. The van der Waals surface area contributed by atoms with Crippen LogP contribution >= 0.6 is 43.2 Å². The predicted octanol–water partition coefficient (Wildman–Crippen LogP) is 5.04. The van der Waals surface area contributed by atoms with Crippen molar-refractivity contribution in [1.82, 2.24) is 0 Å². The van der Waals surface area contributed by atoms with Crippen molar-refractivity contribution in [3.63, 3.8) is 0 Å². The number of benzene rings is 1. The van der Waals surface area contributed by atoms with Gasteiger partial charge in [-0.25, -0.2) is 0 Å². The first kappa shape index (κ1) is 12.9. The van der Waals surface area contributed by atoms with E-state index in [9.17, 15) is 5.11 Å². The molecule has 1 atom stereocenters. The molecule has 0 bridgehead atoms. The summed E-state index contributed by atoms with van der Waals surface area (Å²) in [5, 5.41) is 10.7. The number of hydrogen-bond acceptors (Lipinski definition) is 2. The van der Waals surface area contributed by atoms with Crippen molar-refractivity contribution in [2.45, 2.75) is 24.4 Å². The summed E-state index contributed by atoms with van der Waals surface area (Å²) in [6.45, 7) is 0. The highest BCUT2D eigenvalue weighted by Crippen LogP contribution is 2.57. The van der Waals surface area contributed by atoms with Gasteiger partial charge in [-0.1, -0.05) is 30.3 Å². The third kappa shape index (κ3) is 2.09. The highest BCUT2D eigenvalue weighted by atomic mass is 79.9. The molecule has 94 valence electrons. The Morgan fingerprint density at radius 3 is 2.33 bits per heavy atom. The predicted molar refractivity (Wildman–Crippen MR) is 82.0 cm³/mol. The van der Waals surface area contributed by atoms with Gasteiger partial charge in [-0.15, -0.1) is 11.3 Å². The molecule has 1 unspecified atom stereocenters. The van der Waals surface area contributed by atoms with Crippen LogP contribution in [0.5, 0.6) is 0 Å². The van der Waals surface area contributed by atoms with Gasteiger partial charge in [0.2, 0.25) is 0 Å². The summed E-state index contributed by atoms with van der Waals surface area (Å²) in [4.78, 5) is 1.02. The minimum absolute atomic E-state index is 0.0645. The van der Waals surface area contributed by atoms with Crippen LogP contribution in [0, 0.1) is 0 Å². The van der Waals surface area contributed by atoms with E-state index in [1.165, 1.54) is 5.56 Å². The van der Waals surface area contributed by atoms with Crippen LogP contribution in [0.1, 0.15) is 29.4 Å². The summed E-state index contributed by atoms with van der Waals surface area (Å²) >= 11 is 8.57. The minimum atomic E-state index is -0.410. The zero-order valence-corrected chi connectivity index (χ0v) is 13.6. The summed E-state index contributed by atoms with van der Waals surface area (Å²) in [6, 6.07) is 12.4. The molecule has 0 aliphatic heterocycles. The van der Waals surface area contributed by atoms with Crippen molar-refractivity contribution in [3.05, 3.63) is 55.1 Å². The zero-order valence-electron chi connectivity index (χ0n) is 9.57. The molecule has 0 amide bonds. The lowest BCUT2D eigenvalue weighted by atomic mass is 9.89. The van der Waals surface area contributed by atoms with Gasteiger partial charge in [-0.05, 0) is 56.3 Å². The second kappa shape index (κ2) is 4.75. The highest BCUT2D eigenvalue weighted by Gasteiger charge is 2.51. The molecular formula is C14H12Br2OS. The topological polar surface area (TPSA) is 20.2 Å². The van der Waals surface area contributed by atoms with Crippen LogP contribution < -0.4 is 0 Å². The van der Waals surface area contributed by atoms with E-state index < -0.39 is 6.10 Å². The lowest BCUT2D eigenvalue weighted by Gasteiger charge is -2.21. The van der Waals surface area contributed by atoms with E-state index in [1.54, 1.807) is 11.3 Å². The fourth-order valence-corrected chi connectivity index (χ4v) is 4.59. The Hall–Kier alpha value is -0.160. The molecule has 18 heavy (non-hydrogen) atoms. The summed E-state index contributed by atoms with van der Waals surface area (Å²) in [6.07, 6.45) is 1.71. The number of halogens is 2. The molecule has 1 nitrogen and oxygen atoms in total. The Balaban J connectivity index is 1.95. The maximum Gasteiger partial charge on any atom is 0.0978 e. The Morgan fingerprint density at radius 1 is 1.17 bits per heavy atom.